The van der Waals surface area contributed by atoms with Gasteiger partial charge in [-0.25, -0.2) is 0 Å². The molecule has 0 aromatic carbocycles. The number of aliphatic hydroxyl groups excluding tert-OH is 1. The zero-order chi connectivity index (χ0) is 12.7. The molecular weight excluding hydrogens is 202 g/mol. The van der Waals surface area contributed by atoms with Gasteiger partial charge in [-0.3, -0.25) is 4.79 Å². The third-order valence-electron chi connectivity index (χ3n) is 2.30. The maximum absolute atomic E-state index is 11.9. The van der Waals surface area contributed by atoms with Crippen molar-refractivity contribution in [2.75, 3.05) is 13.1 Å². The lowest BCUT2D eigenvalue weighted by atomic mass is 10.1. The lowest BCUT2D eigenvalue weighted by Crippen LogP contribution is -2.37. The molecule has 0 aliphatic rings. The Labute approximate surface area is 99.8 Å². The number of amides is 1. The van der Waals surface area contributed by atoms with Crippen LogP contribution in [0.1, 0.15) is 47.5 Å². The molecule has 16 heavy (non-hydrogen) atoms. The van der Waals surface area contributed by atoms with Crippen LogP contribution in [-0.4, -0.2) is 35.1 Å². The molecule has 0 radical (unpaired) electrons. The van der Waals surface area contributed by atoms with Crippen molar-refractivity contribution in [1.29, 1.82) is 0 Å². The van der Waals surface area contributed by atoms with E-state index in [0.29, 0.717) is 24.7 Å². The van der Waals surface area contributed by atoms with Crippen molar-refractivity contribution in [3.05, 3.63) is 0 Å². The smallest absolute Gasteiger partial charge is 0.222 e. The van der Waals surface area contributed by atoms with Crippen LogP contribution in [0.15, 0.2) is 0 Å². The summed E-state index contributed by atoms with van der Waals surface area (Å²) in [5.41, 5.74) is 0. The summed E-state index contributed by atoms with van der Waals surface area (Å²) in [6.07, 6.45) is 0.631. The van der Waals surface area contributed by atoms with Gasteiger partial charge in [0.15, 0.2) is 0 Å². The zero-order valence-electron chi connectivity index (χ0n) is 11.4. The second kappa shape index (κ2) is 7.66. The molecule has 0 rings (SSSR count). The van der Waals surface area contributed by atoms with Gasteiger partial charge in [-0.2, -0.15) is 0 Å². The van der Waals surface area contributed by atoms with E-state index in [0.717, 1.165) is 13.1 Å². The maximum atomic E-state index is 11.9. The molecule has 1 amide bonds. The van der Waals surface area contributed by atoms with Gasteiger partial charge >= 0.3 is 0 Å². The number of rotatable bonds is 7. The molecule has 0 heterocycles. The van der Waals surface area contributed by atoms with E-state index in [2.05, 4.69) is 27.7 Å². The molecule has 1 unspecified atom stereocenters. The Morgan fingerprint density at radius 1 is 1.06 bits per heavy atom. The van der Waals surface area contributed by atoms with Crippen LogP contribution in [0.4, 0.5) is 0 Å². The monoisotopic (exact) mass is 229 g/mol. The maximum Gasteiger partial charge on any atom is 0.222 e. The Morgan fingerprint density at radius 2 is 1.50 bits per heavy atom. The predicted molar refractivity (Wildman–Crippen MR) is 67.2 cm³/mol. The molecular formula is C13H27NO2. The van der Waals surface area contributed by atoms with E-state index in [9.17, 15) is 9.90 Å². The minimum absolute atomic E-state index is 0.170. The van der Waals surface area contributed by atoms with E-state index in [1.807, 2.05) is 4.90 Å². The normalized spacial score (nSPS) is 13.2. The number of hydrogen-bond acceptors (Lipinski definition) is 2. The zero-order valence-corrected chi connectivity index (χ0v) is 11.4. The SMILES string of the molecule is CC(C)CN(CC(C)C)C(=O)CCC(C)O. The first-order valence-corrected chi connectivity index (χ1v) is 6.28. The second-order valence-electron chi connectivity index (χ2n) is 5.47. The first-order chi connectivity index (χ1) is 7.32. The highest BCUT2D eigenvalue weighted by atomic mass is 16.3. The highest BCUT2D eigenvalue weighted by molar-refractivity contribution is 5.76. The number of aliphatic hydroxyl groups is 1. The Bertz CT molecular complexity index is 190. The van der Waals surface area contributed by atoms with Crippen molar-refractivity contribution >= 4 is 5.91 Å². The second-order valence-corrected chi connectivity index (χ2v) is 5.47. The molecule has 1 atom stereocenters. The summed E-state index contributed by atoms with van der Waals surface area (Å²) in [5.74, 6) is 1.16. The number of carbonyl (C=O) groups excluding carboxylic acids is 1. The summed E-state index contributed by atoms with van der Waals surface area (Å²) in [6, 6.07) is 0. The van der Waals surface area contributed by atoms with Gasteiger partial charge in [0.2, 0.25) is 5.91 Å². The average molecular weight is 229 g/mol. The summed E-state index contributed by atoms with van der Waals surface area (Å²) in [7, 11) is 0. The van der Waals surface area contributed by atoms with Crippen molar-refractivity contribution < 1.29 is 9.90 Å². The van der Waals surface area contributed by atoms with Crippen LogP contribution in [0, 0.1) is 11.8 Å². The molecule has 0 saturated carbocycles. The van der Waals surface area contributed by atoms with Crippen molar-refractivity contribution in [2.24, 2.45) is 11.8 Å². The van der Waals surface area contributed by atoms with E-state index in [4.69, 9.17) is 0 Å². The highest BCUT2D eigenvalue weighted by Crippen LogP contribution is 2.08. The highest BCUT2D eigenvalue weighted by Gasteiger charge is 2.16. The minimum atomic E-state index is -0.385. The van der Waals surface area contributed by atoms with Gasteiger partial charge in [0.25, 0.3) is 0 Å². The third kappa shape index (κ3) is 7.69. The van der Waals surface area contributed by atoms with Gasteiger partial charge in [0.1, 0.15) is 0 Å². The molecule has 0 spiro atoms. The molecule has 3 heteroatoms. The van der Waals surface area contributed by atoms with E-state index in [1.54, 1.807) is 6.92 Å². The quantitative estimate of drug-likeness (QED) is 0.727. The largest absolute Gasteiger partial charge is 0.393 e. The van der Waals surface area contributed by atoms with Crippen molar-refractivity contribution in [3.8, 4) is 0 Å². The fraction of sp³-hybridized carbons (Fsp3) is 0.923. The Morgan fingerprint density at radius 3 is 1.81 bits per heavy atom. The van der Waals surface area contributed by atoms with E-state index in [1.165, 1.54) is 0 Å². The van der Waals surface area contributed by atoms with Gasteiger partial charge in [0, 0.05) is 19.5 Å². The standard InChI is InChI=1S/C13H27NO2/c1-10(2)8-14(9-11(3)4)13(16)7-6-12(5)15/h10-12,15H,6-9H2,1-5H3. The summed E-state index contributed by atoms with van der Waals surface area (Å²) in [5, 5.41) is 9.18. The summed E-state index contributed by atoms with van der Waals surface area (Å²) < 4.78 is 0. The Balaban J connectivity index is 4.20. The van der Waals surface area contributed by atoms with Crippen LogP contribution in [-0.2, 0) is 4.79 Å². The van der Waals surface area contributed by atoms with Crippen molar-refractivity contribution in [3.63, 3.8) is 0 Å². The Kier molecular flexibility index (Phi) is 7.39. The number of carbonyl (C=O) groups is 1. The molecule has 0 aliphatic heterocycles. The van der Waals surface area contributed by atoms with Crippen LogP contribution in [0.5, 0.6) is 0 Å². The molecule has 0 fully saturated rings. The summed E-state index contributed by atoms with van der Waals surface area (Å²) >= 11 is 0. The molecule has 0 aromatic heterocycles. The van der Waals surface area contributed by atoms with Gasteiger partial charge < -0.3 is 10.0 Å². The van der Waals surface area contributed by atoms with Gasteiger partial charge in [-0.15, -0.1) is 0 Å². The van der Waals surface area contributed by atoms with Crippen LogP contribution in [0.25, 0.3) is 0 Å². The fourth-order valence-electron chi connectivity index (χ4n) is 1.65. The topological polar surface area (TPSA) is 40.5 Å². The van der Waals surface area contributed by atoms with Gasteiger partial charge in [-0.05, 0) is 25.2 Å². The summed E-state index contributed by atoms with van der Waals surface area (Å²) in [6.45, 7) is 11.8. The number of hydrogen-bond donors (Lipinski definition) is 1. The molecule has 0 aromatic rings. The molecule has 3 nitrogen and oxygen atoms in total. The van der Waals surface area contributed by atoms with Crippen molar-refractivity contribution in [2.45, 2.75) is 53.6 Å². The van der Waals surface area contributed by atoms with Gasteiger partial charge in [0.05, 0.1) is 6.10 Å². The van der Waals surface area contributed by atoms with Crippen LogP contribution >= 0.6 is 0 Å². The lowest BCUT2D eigenvalue weighted by molar-refractivity contribution is -0.132. The van der Waals surface area contributed by atoms with E-state index >= 15 is 0 Å². The molecule has 96 valence electrons. The predicted octanol–water partition coefficient (Wildman–Crippen LogP) is 2.29. The fourth-order valence-corrected chi connectivity index (χ4v) is 1.65. The third-order valence-corrected chi connectivity index (χ3v) is 2.30. The first-order valence-electron chi connectivity index (χ1n) is 6.28. The summed E-state index contributed by atoms with van der Waals surface area (Å²) in [4.78, 5) is 13.9. The van der Waals surface area contributed by atoms with E-state index < -0.39 is 0 Å². The minimum Gasteiger partial charge on any atom is -0.393 e. The van der Waals surface area contributed by atoms with Crippen LogP contribution < -0.4 is 0 Å². The number of nitrogens with zero attached hydrogens (tertiary/aromatic N) is 1. The molecule has 1 N–H and O–H groups in total. The average Bonchev–Trinajstić information content (AvgIpc) is 2.11. The molecule has 0 bridgehead atoms. The van der Waals surface area contributed by atoms with Gasteiger partial charge in [-0.1, -0.05) is 27.7 Å². The lowest BCUT2D eigenvalue weighted by Gasteiger charge is -2.26. The van der Waals surface area contributed by atoms with E-state index in [-0.39, 0.29) is 12.0 Å². The van der Waals surface area contributed by atoms with Crippen molar-refractivity contribution in [1.82, 2.24) is 4.90 Å². The van der Waals surface area contributed by atoms with Crippen LogP contribution in [0.2, 0.25) is 0 Å². The molecule has 0 aliphatic carbocycles. The first kappa shape index (κ1) is 15.4. The van der Waals surface area contributed by atoms with Crippen LogP contribution in [0.3, 0.4) is 0 Å². The Hall–Kier alpha value is -0.570. The molecule has 0 saturated heterocycles.